The standard InChI is InChI=1S/C19H27NO3/c1-18(2,3)14-4-6-15(7-5-14)19(8-9-19)17(21)20-12-16-13-22-10-11-23-16/h4-7,16H,8-13H2,1-3H3,(H,20,21). The van der Waals surface area contributed by atoms with Crippen LogP contribution in [-0.4, -0.2) is 38.4 Å². The van der Waals surface area contributed by atoms with Gasteiger partial charge in [-0.3, -0.25) is 4.79 Å². The van der Waals surface area contributed by atoms with E-state index in [9.17, 15) is 4.79 Å². The van der Waals surface area contributed by atoms with Crippen LogP contribution in [0.1, 0.15) is 44.7 Å². The van der Waals surface area contributed by atoms with Crippen LogP contribution in [0.5, 0.6) is 0 Å². The summed E-state index contributed by atoms with van der Waals surface area (Å²) in [5.41, 5.74) is 2.23. The van der Waals surface area contributed by atoms with Gasteiger partial charge in [-0.1, -0.05) is 45.0 Å². The van der Waals surface area contributed by atoms with Crippen LogP contribution in [0.3, 0.4) is 0 Å². The first kappa shape index (κ1) is 16.5. The fourth-order valence-corrected chi connectivity index (χ4v) is 3.09. The molecule has 4 nitrogen and oxygen atoms in total. The van der Waals surface area contributed by atoms with Crippen LogP contribution in [0.4, 0.5) is 0 Å². The summed E-state index contributed by atoms with van der Waals surface area (Å²) in [6.07, 6.45) is 1.83. The quantitative estimate of drug-likeness (QED) is 0.928. The van der Waals surface area contributed by atoms with Crippen molar-refractivity contribution in [3.05, 3.63) is 35.4 Å². The summed E-state index contributed by atoms with van der Waals surface area (Å²) < 4.78 is 10.9. The lowest BCUT2D eigenvalue weighted by Crippen LogP contribution is -2.43. The highest BCUT2D eigenvalue weighted by Crippen LogP contribution is 2.48. The van der Waals surface area contributed by atoms with Crippen LogP contribution in [-0.2, 0) is 25.1 Å². The van der Waals surface area contributed by atoms with Gasteiger partial charge < -0.3 is 14.8 Å². The van der Waals surface area contributed by atoms with Crippen molar-refractivity contribution in [3.8, 4) is 0 Å². The van der Waals surface area contributed by atoms with Gasteiger partial charge in [-0.05, 0) is 29.4 Å². The van der Waals surface area contributed by atoms with Crippen molar-refractivity contribution >= 4 is 5.91 Å². The maximum absolute atomic E-state index is 12.6. The Morgan fingerprint density at radius 1 is 1.22 bits per heavy atom. The van der Waals surface area contributed by atoms with E-state index in [1.54, 1.807) is 0 Å². The predicted molar refractivity (Wildman–Crippen MR) is 89.6 cm³/mol. The summed E-state index contributed by atoms with van der Waals surface area (Å²) in [5, 5.41) is 3.05. The number of amides is 1. The molecule has 1 saturated carbocycles. The Morgan fingerprint density at radius 2 is 1.91 bits per heavy atom. The molecule has 1 aromatic rings. The highest BCUT2D eigenvalue weighted by atomic mass is 16.6. The molecule has 2 aliphatic rings. The van der Waals surface area contributed by atoms with Crippen molar-refractivity contribution < 1.29 is 14.3 Å². The summed E-state index contributed by atoms with van der Waals surface area (Å²) in [7, 11) is 0. The molecule has 0 aromatic heterocycles. The van der Waals surface area contributed by atoms with Gasteiger partial charge in [0.05, 0.1) is 31.3 Å². The molecular weight excluding hydrogens is 290 g/mol. The zero-order valence-electron chi connectivity index (χ0n) is 14.4. The van der Waals surface area contributed by atoms with Gasteiger partial charge in [0.1, 0.15) is 0 Å². The summed E-state index contributed by atoms with van der Waals surface area (Å²) in [6.45, 7) is 8.96. The van der Waals surface area contributed by atoms with Gasteiger partial charge in [-0.2, -0.15) is 0 Å². The molecule has 2 fully saturated rings. The lowest BCUT2D eigenvalue weighted by Gasteiger charge is -2.25. The third kappa shape index (κ3) is 3.59. The zero-order valence-corrected chi connectivity index (χ0v) is 14.4. The second-order valence-electron chi connectivity index (χ2n) is 7.69. The fourth-order valence-electron chi connectivity index (χ4n) is 3.09. The van der Waals surface area contributed by atoms with Crippen molar-refractivity contribution in [1.82, 2.24) is 5.32 Å². The van der Waals surface area contributed by atoms with Crippen molar-refractivity contribution in [2.75, 3.05) is 26.4 Å². The number of carbonyl (C=O) groups is 1. The molecule has 1 unspecified atom stereocenters. The first-order valence-electron chi connectivity index (χ1n) is 8.50. The molecule has 1 saturated heterocycles. The van der Waals surface area contributed by atoms with E-state index in [1.165, 1.54) is 5.56 Å². The molecule has 126 valence electrons. The third-order valence-electron chi connectivity index (χ3n) is 4.86. The molecule has 1 N–H and O–H groups in total. The second kappa shape index (κ2) is 6.25. The maximum Gasteiger partial charge on any atom is 0.230 e. The number of carbonyl (C=O) groups excluding carboxylic acids is 1. The number of nitrogens with one attached hydrogen (secondary N) is 1. The topological polar surface area (TPSA) is 47.6 Å². The SMILES string of the molecule is CC(C)(C)c1ccc(C2(C(=O)NCC3COCCO3)CC2)cc1. The molecule has 23 heavy (non-hydrogen) atoms. The molecule has 0 spiro atoms. The van der Waals surface area contributed by atoms with Crippen molar-refractivity contribution in [1.29, 1.82) is 0 Å². The van der Waals surface area contributed by atoms with Gasteiger partial charge in [0.25, 0.3) is 0 Å². The van der Waals surface area contributed by atoms with Crippen molar-refractivity contribution in [2.45, 2.75) is 50.5 Å². The predicted octanol–water partition coefficient (Wildman–Crippen LogP) is 2.55. The Balaban J connectivity index is 1.63. The van der Waals surface area contributed by atoms with Crippen LogP contribution in [0, 0.1) is 0 Å². The Bertz CT molecular complexity index is 549. The average molecular weight is 317 g/mol. The first-order chi connectivity index (χ1) is 10.9. The lowest BCUT2D eigenvalue weighted by atomic mass is 9.85. The van der Waals surface area contributed by atoms with E-state index in [-0.39, 0.29) is 22.8 Å². The van der Waals surface area contributed by atoms with E-state index in [2.05, 4.69) is 50.4 Å². The van der Waals surface area contributed by atoms with Crippen molar-refractivity contribution in [3.63, 3.8) is 0 Å². The molecule has 0 radical (unpaired) electrons. The minimum atomic E-state index is -0.327. The second-order valence-corrected chi connectivity index (χ2v) is 7.69. The number of hydrogen-bond donors (Lipinski definition) is 1. The maximum atomic E-state index is 12.6. The first-order valence-corrected chi connectivity index (χ1v) is 8.50. The number of benzene rings is 1. The summed E-state index contributed by atoms with van der Waals surface area (Å²) in [5.74, 6) is 0.121. The van der Waals surface area contributed by atoms with Gasteiger partial charge >= 0.3 is 0 Å². The fraction of sp³-hybridized carbons (Fsp3) is 0.632. The average Bonchev–Trinajstić information content (AvgIpc) is 3.35. The highest BCUT2D eigenvalue weighted by molar-refractivity contribution is 5.91. The molecule has 1 aliphatic heterocycles. The normalized spacial score (nSPS) is 23.3. The molecule has 0 bridgehead atoms. The molecule has 3 rings (SSSR count). The lowest BCUT2D eigenvalue weighted by molar-refractivity contribution is -0.126. The summed E-state index contributed by atoms with van der Waals surface area (Å²) in [4.78, 5) is 12.6. The monoisotopic (exact) mass is 317 g/mol. The van der Waals surface area contributed by atoms with Gasteiger partial charge in [0.2, 0.25) is 5.91 Å². The summed E-state index contributed by atoms with van der Waals surface area (Å²) in [6, 6.07) is 8.54. The molecule has 1 amide bonds. The van der Waals surface area contributed by atoms with E-state index < -0.39 is 0 Å². The van der Waals surface area contributed by atoms with Crippen LogP contribution in [0.15, 0.2) is 24.3 Å². The molecule has 1 heterocycles. The molecule has 1 atom stereocenters. The van der Waals surface area contributed by atoms with E-state index in [0.29, 0.717) is 26.4 Å². The number of rotatable bonds is 4. The van der Waals surface area contributed by atoms with Crippen LogP contribution in [0.25, 0.3) is 0 Å². The third-order valence-corrected chi connectivity index (χ3v) is 4.86. The number of hydrogen-bond acceptors (Lipinski definition) is 3. The summed E-state index contributed by atoms with van der Waals surface area (Å²) >= 11 is 0. The van der Waals surface area contributed by atoms with E-state index in [1.807, 2.05) is 0 Å². The van der Waals surface area contributed by atoms with Gasteiger partial charge in [-0.15, -0.1) is 0 Å². The van der Waals surface area contributed by atoms with E-state index in [0.717, 1.165) is 18.4 Å². The molecular formula is C19H27NO3. The van der Waals surface area contributed by atoms with Gasteiger partial charge in [0.15, 0.2) is 0 Å². The Morgan fingerprint density at radius 3 is 2.43 bits per heavy atom. The highest BCUT2D eigenvalue weighted by Gasteiger charge is 2.51. The van der Waals surface area contributed by atoms with Crippen LogP contribution >= 0.6 is 0 Å². The molecule has 4 heteroatoms. The van der Waals surface area contributed by atoms with Crippen LogP contribution < -0.4 is 5.32 Å². The Hall–Kier alpha value is -1.39. The van der Waals surface area contributed by atoms with E-state index >= 15 is 0 Å². The van der Waals surface area contributed by atoms with Gasteiger partial charge in [0, 0.05) is 6.54 Å². The molecule has 1 aromatic carbocycles. The minimum Gasteiger partial charge on any atom is -0.376 e. The Kier molecular flexibility index (Phi) is 4.47. The largest absolute Gasteiger partial charge is 0.376 e. The minimum absolute atomic E-state index is 0.0215. The zero-order chi connectivity index (χ0) is 16.5. The Labute approximate surface area is 138 Å². The number of ether oxygens (including phenoxy) is 2. The smallest absolute Gasteiger partial charge is 0.230 e. The molecule has 1 aliphatic carbocycles. The van der Waals surface area contributed by atoms with Crippen molar-refractivity contribution in [2.24, 2.45) is 0 Å². The van der Waals surface area contributed by atoms with Crippen LogP contribution in [0.2, 0.25) is 0 Å². The van der Waals surface area contributed by atoms with E-state index in [4.69, 9.17) is 9.47 Å². The van der Waals surface area contributed by atoms with Gasteiger partial charge in [-0.25, -0.2) is 0 Å².